The van der Waals surface area contributed by atoms with E-state index < -0.39 is 12.2 Å². The average molecular weight is 651 g/mol. The highest BCUT2D eigenvalue weighted by atomic mass is 79.9. The summed E-state index contributed by atoms with van der Waals surface area (Å²) >= 11 is 3.42. The lowest BCUT2D eigenvalue weighted by atomic mass is 9.81. The monoisotopic (exact) mass is 649 g/mol. The van der Waals surface area contributed by atoms with E-state index in [9.17, 15) is 19.2 Å². The van der Waals surface area contributed by atoms with Gasteiger partial charge in [0.05, 0.1) is 0 Å². The van der Waals surface area contributed by atoms with Crippen LogP contribution in [0.25, 0.3) is 0 Å². The fourth-order valence-corrected chi connectivity index (χ4v) is 5.38. The second-order valence-electron chi connectivity index (χ2n) is 10.7. The van der Waals surface area contributed by atoms with Crippen LogP contribution in [0.3, 0.4) is 0 Å². The van der Waals surface area contributed by atoms with Gasteiger partial charge in [-0.1, -0.05) is 46.3 Å². The van der Waals surface area contributed by atoms with Gasteiger partial charge >= 0.3 is 6.16 Å². The van der Waals surface area contributed by atoms with Crippen LogP contribution < -0.4 is 21.1 Å². The molecule has 1 saturated carbocycles. The van der Waals surface area contributed by atoms with Gasteiger partial charge in [0.15, 0.2) is 5.78 Å². The van der Waals surface area contributed by atoms with Crippen LogP contribution in [0, 0.1) is 11.8 Å². The number of benzene rings is 3. The van der Waals surface area contributed by atoms with E-state index in [1.54, 1.807) is 48.5 Å². The number of nitrogens with two attached hydrogens (primary N) is 1. The number of hydrogen-bond donors (Lipinski definition) is 3. The van der Waals surface area contributed by atoms with Crippen molar-refractivity contribution in [1.29, 1.82) is 0 Å². The summed E-state index contributed by atoms with van der Waals surface area (Å²) in [6.07, 6.45) is 2.62. The topological polar surface area (TPSA) is 137 Å². The summed E-state index contributed by atoms with van der Waals surface area (Å²) in [4.78, 5) is 50.4. The summed E-state index contributed by atoms with van der Waals surface area (Å²) in [6.45, 7) is 2.15. The average Bonchev–Trinajstić information content (AvgIpc) is 3.01. The molecular weight excluding hydrogens is 614 g/mol. The maximum atomic E-state index is 13.4. The van der Waals surface area contributed by atoms with E-state index >= 15 is 0 Å². The van der Waals surface area contributed by atoms with Crippen LogP contribution in [0.4, 0.5) is 10.5 Å². The van der Waals surface area contributed by atoms with Gasteiger partial charge in [0.25, 0.3) is 0 Å². The number of ether oxygens (including phenoxy) is 2. The molecule has 0 heterocycles. The van der Waals surface area contributed by atoms with Crippen molar-refractivity contribution in [3.63, 3.8) is 0 Å². The number of hydrogen-bond acceptors (Lipinski definition) is 7. The molecule has 1 fully saturated rings. The lowest BCUT2D eigenvalue weighted by Gasteiger charge is -2.28. The molecular formula is C33H36BrN3O6. The minimum Gasteiger partial charge on any atom is -0.429 e. The quantitative estimate of drug-likeness (QED) is 0.136. The number of anilines is 1. The van der Waals surface area contributed by atoms with Crippen molar-refractivity contribution in [2.24, 2.45) is 17.6 Å². The Morgan fingerprint density at radius 3 is 2.23 bits per heavy atom. The van der Waals surface area contributed by atoms with Crippen LogP contribution in [0.5, 0.6) is 5.75 Å². The second kappa shape index (κ2) is 15.5. The molecule has 2 amide bonds. The first-order chi connectivity index (χ1) is 20.7. The SMILES string of the molecule is CC(=O)c1ccc(NC(=O)C(Cc2ccc(OC(=O)OCc3ccccc3Br)cc2)NC(=O)C2CCC(CN)CC2)cc1. The van der Waals surface area contributed by atoms with Gasteiger partial charge in [0.1, 0.15) is 18.4 Å². The molecule has 4 N–H and O–H groups in total. The van der Waals surface area contributed by atoms with Gasteiger partial charge in [0.2, 0.25) is 11.8 Å². The summed E-state index contributed by atoms with van der Waals surface area (Å²) in [5, 5.41) is 5.81. The Morgan fingerprint density at radius 2 is 1.60 bits per heavy atom. The summed E-state index contributed by atoms with van der Waals surface area (Å²) in [7, 11) is 0. The van der Waals surface area contributed by atoms with E-state index in [1.165, 1.54) is 6.92 Å². The number of amides is 2. The Morgan fingerprint density at radius 1 is 0.930 bits per heavy atom. The third-order valence-electron chi connectivity index (χ3n) is 7.61. The van der Waals surface area contributed by atoms with Crippen LogP contribution in [0.1, 0.15) is 54.1 Å². The van der Waals surface area contributed by atoms with Gasteiger partial charge in [-0.3, -0.25) is 14.4 Å². The molecule has 4 rings (SSSR count). The maximum Gasteiger partial charge on any atom is 0.514 e. The number of carbonyl (C=O) groups is 4. The summed E-state index contributed by atoms with van der Waals surface area (Å²) < 4.78 is 11.3. The fourth-order valence-electron chi connectivity index (χ4n) is 4.98. The zero-order chi connectivity index (χ0) is 30.8. The van der Waals surface area contributed by atoms with Crippen LogP contribution in [0.2, 0.25) is 0 Å². The van der Waals surface area contributed by atoms with Crippen LogP contribution >= 0.6 is 15.9 Å². The van der Waals surface area contributed by atoms with Gasteiger partial charge in [-0.25, -0.2) is 4.79 Å². The minimum absolute atomic E-state index is 0.0557. The van der Waals surface area contributed by atoms with Crippen LogP contribution in [-0.2, 0) is 27.4 Å². The molecule has 226 valence electrons. The number of ketones is 1. The van der Waals surface area contributed by atoms with E-state index in [0.29, 0.717) is 23.7 Å². The van der Waals surface area contributed by atoms with Crippen molar-refractivity contribution in [2.75, 3.05) is 11.9 Å². The second-order valence-corrected chi connectivity index (χ2v) is 11.6. The van der Waals surface area contributed by atoms with Gasteiger partial charge in [-0.2, -0.15) is 0 Å². The smallest absolute Gasteiger partial charge is 0.429 e. The first-order valence-corrected chi connectivity index (χ1v) is 15.1. The van der Waals surface area contributed by atoms with Gasteiger partial charge < -0.3 is 25.8 Å². The Labute approximate surface area is 259 Å². The molecule has 3 aromatic carbocycles. The summed E-state index contributed by atoms with van der Waals surface area (Å²) in [5.41, 5.74) is 8.42. The molecule has 10 heteroatoms. The third kappa shape index (κ3) is 9.49. The Kier molecular flexibility index (Phi) is 11.5. The first-order valence-electron chi connectivity index (χ1n) is 14.3. The van der Waals surface area contributed by atoms with Crippen LogP contribution in [-0.4, -0.2) is 36.3 Å². The minimum atomic E-state index is -0.853. The Balaban J connectivity index is 1.39. The fraction of sp³-hybridized carbons (Fsp3) is 0.333. The maximum absolute atomic E-state index is 13.4. The molecule has 0 spiro atoms. The molecule has 3 aromatic rings. The molecule has 9 nitrogen and oxygen atoms in total. The summed E-state index contributed by atoms with van der Waals surface area (Å²) in [6, 6.07) is 19.8. The molecule has 1 unspecified atom stereocenters. The first kappa shape index (κ1) is 31.9. The van der Waals surface area contributed by atoms with E-state index in [2.05, 4.69) is 26.6 Å². The molecule has 0 radical (unpaired) electrons. The highest BCUT2D eigenvalue weighted by molar-refractivity contribution is 9.10. The molecule has 1 aliphatic rings. The molecule has 0 saturated heterocycles. The van der Waals surface area contributed by atoms with Crippen molar-refractivity contribution in [3.05, 3.63) is 94.0 Å². The highest BCUT2D eigenvalue weighted by Gasteiger charge is 2.29. The van der Waals surface area contributed by atoms with Gasteiger partial charge in [0, 0.05) is 33.6 Å². The van der Waals surface area contributed by atoms with Crippen molar-refractivity contribution >= 4 is 45.4 Å². The lowest BCUT2D eigenvalue weighted by molar-refractivity contribution is -0.130. The normalized spacial score (nSPS) is 16.9. The number of Topliss-reactive ketones (excluding diaryl/α,β-unsaturated/α-hetero) is 1. The molecule has 0 aromatic heterocycles. The highest BCUT2D eigenvalue weighted by Crippen LogP contribution is 2.28. The lowest BCUT2D eigenvalue weighted by Crippen LogP contribution is -2.48. The number of rotatable bonds is 11. The predicted molar refractivity (Wildman–Crippen MR) is 167 cm³/mol. The molecule has 1 aliphatic carbocycles. The van der Waals surface area contributed by atoms with Gasteiger partial charge in [-0.15, -0.1) is 0 Å². The molecule has 0 aliphatic heterocycles. The van der Waals surface area contributed by atoms with E-state index in [0.717, 1.165) is 41.3 Å². The van der Waals surface area contributed by atoms with Crippen LogP contribution in [0.15, 0.2) is 77.3 Å². The Bertz CT molecular complexity index is 1420. The van der Waals surface area contributed by atoms with E-state index in [4.69, 9.17) is 15.2 Å². The van der Waals surface area contributed by atoms with Crippen molar-refractivity contribution in [2.45, 2.75) is 51.7 Å². The number of halogens is 1. The molecule has 43 heavy (non-hydrogen) atoms. The standard InChI is InChI=1S/C33H36BrN3O6/c1-21(38)24-12-14-27(15-13-24)36-32(40)30(37-31(39)25-10-6-23(19-35)7-11-25)18-22-8-16-28(17-9-22)43-33(41)42-20-26-4-2-3-5-29(26)34/h2-5,8-9,12-17,23,25,30H,6-7,10-11,18-20,35H2,1H3,(H,36,40)(H,37,39). The zero-order valence-electron chi connectivity index (χ0n) is 24.0. The molecule has 0 bridgehead atoms. The summed E-state index contributed by atoms with van der Waals surface area (Å²) in [5.74, 6) is -0.0677. The van der Waals surface area contributed by atoms with Gasteiger partial charge in [-0.05, 0) is 93.1 Å². The Hall–Kier alpha value is -4.02. The number of carbonyl (C=O) groups excluding carboxylic acids is 4. The zero-order valence-corrected chi connectivity index (χ0v) is 25.6. The van der Waals surface area contributed by atoms with E-state index in [1.807, 2.05) is 24.3 Å². The van der Waals surface area contributed by atoms with Crippen molar-refractivity contribution in [3.8, 4) is 5.75 Å². The number of nitrogens with one attached hydrogen (secondary N) is 2. The van der Waals surface area contributed by atoms with Crippen molar-refractivity contribution in [1.82, 2.24) is 5.32 Å². The van der Waals surface area contributed by atoms with Crippen molar-refractivity contribution < 1.29 is 28.7 Å². The largest absolute Gasteiger partial charge is 0.514 e. The predicted octanol–water partition coefficient (Wildman–Crippen LogP) is 5.80. The molecule has 1 atom stereocenters. The third-order valence-corrected chi connectivity index (χ3v) is 8.38. The van der Waals surface area contributed by atoms with E-state index in [-0.39, 0.29) is 42.3 Å².